The number of piperidine rings is 2. The number of rotatable bonds is 9. The summed E-state index contributed by atoms with van der Waals surface area (Å²) in [6, 6.07) is 44.5. The monoisotopic (exact) mass is 2110 g/mol. The van der Waals surface area contributed by atoms with Crippen molar-refractivity contribution in [3.05, 3.63) is 354 Å². The Morgan fingerprint density at radius 1 is 0.369 bits per heavy atom. The normalized spacial score (nSPS) is 24.4. The maximum atomic E-state index is 15.3. The van der Waals surface area contributed by atoms with E-state index in [9.17, 15) is 85.1 Å². The summed E-state index contributed by atoms with van der Waals surface area (Å²) in [5.41, 5.74) is 4.18. The van der Waals surface area contributed by atoms with Crippen LogP contribution in [-0.2, 0) is 37.2 Å². The largest absolute Gasteiger partial charge is 0.586 e. The van der Waals surface area contributed by atoms with Gasteiger partial charge in [-0.2, -0.15) is 0 Å². The number of ether oxygens (including phenoxy) is 6. The molecule has 149 heavy (non-hydrogen) atoms. The van der Waals surface area contributed by atoms with Crippen LogP contribution >= 0.6 is 47.0 Å². The Morgan fingerprint density at radius 3 is 1.19 bits per heavy atom. The fourth-order valence-corrected chi connectivity index (χ4v) is 27.8. The van der Waals surface area contributed by atoms with Crippen LogP contribution in [0.1, 0.15) is 165 Å². The molecule has 43 heteroatoms. The summed E-state index contributed by atoms with van der Waals surface area (Å²) in [7, 11) is 0. The molecule has 12 aromatic rings. The van der Waals surface area contributed by atoms with Crippen molar-refractivity contribution in [3.63, 3.8) is 0 Å². The van der Waals surface area contributed by atoms with Crippen LogP contribution in [-0.4, -0.2) is 191 Å². The molecule has 28 rings (SSSR count). The lowest BCUT2D eigenvalue weighted by Crippen LogP contribution is -2.66. The zero-order chi connectivity index (χ0) is 103. The fraction of sp³-hybridized carbons (Fsp3) is 0.321. The van der Waals surface area contributed by atoms with Crippen molar-refractivity contribution in [1.29, 1.82) is 0 Å². The molecule has 8 aromatic carbocycles. The van der Waals surface area contributed by atoms with Gasteiger partial charge in [0, 0.05) is 152 Å². The quantitative estimate of drug-likeness (QED) is 0.0770. The van der Waals surface area contributed by atoms with E-state index in [0.29, 0.717) is 89.6 Å². The maximum absolute atomic E-state index is 15.3. The number of hydrogen-bond acceptors (Lipinski definition) is 26. The van der Waals surface area contributed by atoms with Crippen LogP contribution in [0.5, 0.6) is 40.2 Å². The van der Waals surface area contributed by atoms with Crippen LogP contribution in [0, 0.1) is 52.8 Å². The lowest BCUT2D eigenvalue weighted by molar-refractivity contribution is -0.287. The van der Waals surface area contributed by atoms with Crippen LogP contribution in [0.2, 0.25) is 0 Å². The first-order valence-corrected chi connectivity index (χ1v) is 52.4. The zero-order valence-electron chi connectivity index (χ0n) is 78.3. The van der Waals surface area contributed by atoms with Gasteiger partial charge in [0.15, 0.2) is 92.1 Å². The highest BCUT2D eigenvalue weighted by Crippen LogP contribution is 2.63. The minimum absolute atomic E-state index is 0.0272. The van der Waals surface area contributed by atoms with E-state index in [4.69, 9.17) is 28.4 Å². The number of nitrogens with zero attached hydrogens (tertiary/aromatic N) is 12. The Kier molecular flexibility index (Phi) is 23.6. The number of carbonyl (C=O) groups is 4. The van der Waals surface area contributed by atoms with E-state index in [0.717, 1.165) is 85.7 Å². The first-order valence-electron chi connectivity index (χ1n) is 48.5. The third kappa shape index (κ3) is 15.8. The van der Waals surface area contributed by atoms with E-state index in [2.05, 4.69) is 0 Å². The highest BCUT2D eigenvalue weighted by atomic mass is 32.2. The Bertz CT molecular complexity index is 7920. The second kappa shape index (κ2) is 36.7. The summed E-state index contributed by atoms with van der Waals surface area (Å²) in [5, 5.41) is 50.3. The van der Waals surface area contributed by atoms with Gasteiger partial charge < -0.3 is 68.4 Å². The molecule has 7 fully saturated rings. The number of aromatic nitrogens is 4. The van der Waals surface area contributed by atoms with E-state index in [-0.39, 0.29) is 120 Å². The number of morpholine rings is 2. The number of pyridine rings is 4. The van der Waals surface area contributed by atoms with Crippen molar-refractivity contribution in [2.45, 2.75) is 142 Å². The molecular weight excluding hydrogens is 2030 g/mol. The first-order chi connectivity index (χ1) is 72.0. The molecule has 0 bridgehead atoms. The lowest BCUT2D eigenvalue weighted by Gasteiger charge is -2.51. The molecular formula is C106H87F9N12O18S4. The van der Waals surface area contributed by atoms with Gasteiger partial charge in [-0.1, -0.05) is 97.1 Å². The van der Waals surface area contributed by atoms with E-state index < -0.39 is 158 Å². The number of amides is 4. The van der Waals surface area contributed by atoms with E-state index in [1.807, 2.05) is 106 Å². The molecule has 4 saturated heterocycles. The third-order valence-electron chi connectivity index (χ3n) is 30.7. The Balaban J connectivity index is 0.000000103. The summed E-state index contributed by atoms with van der Waals surface area (Å²) in [6.07, 6.45) is 3.72. The molecule has 0 spiro atoms. The second-order valence-electron chi connectivity index (χ2n) is 38.8. The van der Waals surface area contributed by atoms with Gasteiger partial charge >= 0.3 is 6.29 Å². The van der Waals surface area contributed by atoms with Crippen molar-refractivity contribution in [1.82, 2.24) is 38.3 Å². The van der Waals surface area contributed by atoms with Crippen molar-refractivity contribution in [2.75, 3.05) is 85.9 Å². The minimum Gasteiger partial charge on any atom is -0.502 e. The molecule has 3 saturated carbocycles. The SMILES string of the molecule is O=C1c2c(O)c(=O)ccn2N([C@@H]2c3ccccc3SCc3c2ccc(F)c3F)[C@@H]2CC3C(CN12)C3(F)F.O=C1c2c(O)c(=O)ccn2N([C@@H]2c3ccccc3SCc3c2ccc(F)c3F)[C@@H]2CC3CC3CN12.O=C1c2c(O)c(=O)ccn2N([C@@H]2c3ccccc3SCc3c2ccc(F)c3OCCOC2CC2)[C@@H]2COCCN12.O=C1c2c(O)c(=O)ccn2N([C@@H]2c3ccccc3SCc3c2ccc2c3OC(F)(F)O2)[C@@H]2COCCN12. The number of hydrogen-bond donors (Lipinski definition) is 4. The summed E-state index contributed by atoms with van der Waals surface area (Å²) < 4.78 is 171. The van der Waals surface area contributed by atoms with Crippen molar-refractivity contribution in [3.8, 4) is 40.2 Å². The fourth-order valence-electron chi connectivity index (χ4n) is 23.3. The van der Waals surface area contributed by atoms with E-state index >= 15 is 13.2 Å². The predicted octanol–water partition coefficient (Wildman–Crippen LogP) is 14.6. The van der Waals surface area contributed by atoms with Gasteiger partial charge in [0.1, 0.15) is 31.3 Å². The molecule has 766 valence electrons. The van der Waals surface area contributed by atoms with Gasteiger partial charge in [-0.15, -0.1) is 55.8 Å². The minimum atomic E-state index is -3.78. The van der Waals surface area contributed by atoms with Gasteiger partial charge in [-0.05, 0) is 137 Å². The Morgan fingerprint density at radius 2 is 0.745 bits per heavy atom. The number of thioether (sulfide) groups is 4. The molecule has 4 amide bonds. The summed E-state index contributed by atoms with van der Waals surface area (Å²) in [6.45, 7) is 2.50. The summed E-state index contributed by atoms with van der Waals surface area (Å²) in [4.78, 5) is 113. The van der Waals surface area contributed by atoms with Crippen LogP contribution in [0.25, 0.3) is 0 Å². The number of alkyl halides is 4. The standard InChI is InChI=1S/C29H28FN3O6S.C26H19F4N3O3S.C26H21F2N3O3S.C25H19F2N3O6S/c30-21-8-7-18-20(28(21)39-14-13-38-17-5-6-17)16-40-23-4-2-1-3-19(23)25(18)33-24-15-37-12-11-31(24)29(36)26-27(35)22(34)9-10-32(26)33;27-17-6-5-12-14(21(17)28)11-37-19-4-2-1-3-13(19)22(12)33-20-9-15-16(26(15,29)30)10-31(20)25(36)23-24(35)18(34)7-8-32(23)33;27-18-6-5-15-17(22(18)28)12-35-20-4-2-1-3-16(20)23(15)31-21-10-13-9-14(13)11-29(21)26(34)24-25(33)19(32)7-8-30(24)31;26-25(27)35-17-6-5-13-15(23(17)36-25)12-37-18-4-2-1-3-14(18)20(13)30-19-11-34-10-9-28(19)24(33)21-22(32)16(31)7-8-29(21)30/h1-4,7-10,17,24-25,35H,5-6,11-16H2;1-8,15-16,20,22,35H,9-11H2;1-8,13-14,21,23,33H,9-12H2;1-8,19-20,32H,9-12H2/t24-,25+;15?,16?,20-,22+;13?,14?,21-,23+;19-,20+/m1111/s1. The Hall–Kier alpha value is -14.1. The second-order valence-corrected chi connectivity index (χ2v) is 42.8. The van der Waals surface area contributed by atoms with Gasteiger partial charge in [-0.3, -0.25) is 77.1 Å². The molecule has 4 N–H and O–H groups in total. The van der Waals surface area contributed by atoms with Gasteiger partial charge in [0.05, 0.1) is 63.3 Å². The molecule has 12 atom stereocenters. The smallest absolute Gasteiger partial charge is 0.502 e. The van der Waals surface area contributed by atoms with Crippen LogP contribution in [0.3, 0.4) is 0 Å². The number of carbonyl (C=O) groups excluding carboxylic acids is 4. The number of halogens is 9. The molecule has 30 nitrogen and oxygen atoms in total. The molecule has 3 aliphatic carbocycles. The number of aromatic hydroxyl groups is 4. The van der Waals surface area contributed by atoms with Gasteiger partial charge in [0.25, 0.3) is 29.6 Å². The molecule has 17 heterocycles. The van der Waals surface area contributed by atoms with Crippen LogP contribution in [0.4, 0.5) is 39.5 Å². The van der Waals surface area contributed by atoms with Crippen LogP contribution in [0.15, 0.2) is 233 Å². The first kappa shape index (κ1) is 95.8. The number of fused-ring (bicyclic) bond motifs is 20. The summed E-state index contributed by atoms with van der Waals surface area (Å²) in [5.74, 6) is -11.5. The third-order valence-corrected chi connectivity index (χ3v) is 35.1. The molecule has 16 aliphatic rings. The molecule has 4 unspecified atom stereocenters. The van der Waals surface area contributed by atoms with Crippen LogP contribution < -0.4 is 56.0 Å². The average molecular weight is 2120 g/mol. The Labute approximate surface area is 857 Å². The van der Waals surface area contributed by atoms with Crippen molar-refractivity contribution < 1.29 is 108 Å². The topological polar surface area (TPSA) is 319 Å². The molecule has 13 aliphatic heterocycles. The van der Waals surface area contributed by atoms with Crippen molar-refractivity contribution >= 4 is 70.7 Å². The van der Waals surface area contributed by atoms with E-state index in [1.165, 1.54) is 111 Å². The lowest BCUT2D eigenvalue weighted by atomic mass is 9.92. The number of benzene rings is 8. The summed E-state index contributed by atoms with van der Waals surface area (Å²) >= 11 is 5.84. The zero-order valence-corrected chi connectivity index (χ0v) is 81.6. The highest BCUT2D eigenvalue weighted by molar-refractivity contribution is 7.99. The average Bonchev–Trinajstić information content (AvgIpc) is 1.51. The van der Waals surface area contributed by atoms with Gasteiger partial charge in [-0.25, -0.2) is 30.7 Å². The predicted molar refractivity (Wildman–Crippen MR) is 524 cm³/mol. The van der Waals surface area contributed by atoms with E-state index in [1.54, 1.807) is 65.1 Å². The van der Waals surface area contributed by atoms with Gasteiger partial charge in [0.2, 0.25) is 21.7 Å². The molecule has 0 radical (unpaired) electrons. The molecule has 4 aromatic heterocycles. The maximum Gasteiger partial charge on any atom is 0.586 e. The van der Waals surface area contributed by atoms with Crippen molar-refractivity contribution in [2.24, 2.45) is 23.7 Å². The highest BCUT2D eigenvalue weighted by Gasteiger charge is 2.73.